The third-order valence-corrected chi connectivity index (χ3v) is 4.77. The highest BCUT2D eigenvalue weighted by molar-refractivity contribution is 5.98. The highest BCUT2D eigenvalue weighted by atomic mass is 16.2. The Balaban J connectivity index is 2.19. The van der Waals surface area contributed by atoms with Crippen LogP contribution in [-0.4, -0.2) is 11.7 Å². The molecule has 0 aromatic heterocycles. The van der Waals surface area contributed by atoms with Gasteiger partial charge in [0.25, 0.3) is 0 Å². The maximum Gasteiger partial charge on any atom is 0.236 e. The van der Waals surface area contributed by atoms with Crippen molar-refractivity contribution in [3.05, 3.63) is 42.6 Å². The molecule has 0 unspecified atom stereocenters. The van der Waals surface area contributed by atoms with E-state index >= 15 is 0 Å². The monoisotopic (exact) mass is 327 g/mol. The smallest absolute Gasteiger partial charge is 0.236 e. The van der Waals surface area contributed by atoms with Crippen LogP contribution in [-0.2, 0) is 9.59 Å². The van der Waals surface area contributed by atoms with Crippen LogP contribution in [0.4, 0.5) is 5.69 Å². The van der Waals surface area contributed by atoms with Gasteiger partial charge in [-0.3, -0.25) is 14.5 Å². The number of rotatable bonds is 4. The number of amides is 1. The van der Waals surface area contributed by atoms with Crippen LogP contribution in [0.5, 0.6) is 0 Å². The predicted octanol–water partition coefficient (Wildman–Crippen LogP) is 5.12. The number of benzene rings is 1. The largest absolute Gasteiger partial charge is 0.299 e. The Labute approximate surface area is 145 Å². The average molecular weight is 327 g/mol. The second kappa shape index (κ2) is 7.33. The Morgan fingerprint density at radius 1 is 1.21 bits per heavy atom. The number of anilines is 1. The molecule has 1 aromatic carbocycles. The molecule has 2 rings (SSSR count). The van der Waals surface area contributed by atoms with Crippen LogP contribution < -0.4 is 4.90 Å². The third-order valence-electron chi connectivity index (χ3n) is 4.77. The van der Waals surface area contributed by atoms with E-state index in [1.54, 1.807) is 4.90 Å². The molecule has 3 nitrogen and oxygen atoms in total. The Morgan fingerprint density at radius 2 is 1.88 bits per heavy atom. The van der Waals surface area contributed by atoms with Gasteiger partial charge in [0.1, 0.15) is 5.78 Å². The molecule has 0 aliphatic heterocycles. The van der Waals surface area contributed by atoms with Gasteiger partial charge >= 0.3 is 0 Å². The fourth-order valence-corrected chi connectivity index (χ4v) is 3.10. The Kier molecular flexibility index (Phi) is 5.63. The molecular formula is C21H29NO2. The number of hydrogen-bond acceptors (Lipinski definition) is 2. The van der Waals surface area contributed by atoms with Crippen LogP contribution in [0.2, 0.25) is 0 Å². The number of carbonyl (C=O) groups excluding carboxylic acids is 2. The number of ketones is 1. The molecule has 0 N–H and O–H groups in total. The van der Waals surface area contributed by atoms with E-state index in [9.17, 15) is 9.59 Å². The molecule has 1 fully saturated rings. The number of carbonyl (C=O) groups is 2. The van der Waals surface area contributed by atoms with Gasteiger partial charge in [0.2, 0.25) is 5.91 Å². The first-order chi connectivity index (χ1) is 11.2. The number of allylic oxidation sites excluding steroid dienone is 1. The average Bonchev–Trinajstić information content (AvgIpc) is 2.54. The van der Waals surface area contributed by atoms with E-state index in [0.717, 1.165) is 24.9 Å². The summed E-state index contributed by atoms with van der Waals surface area (Å²) in [6.45, 7) is 7.82. The number of para-hydroxylation sites is 1. The van der Waals surface area contributed by atoms with Gasteiger partial charge in [-0.1, -0.05) is 58.4 Å². The molecule has 1 amide bonds. The predicted molar refractivity (Wildman–Crippen MR) is 98.7 cm³/mol. The molecule has 24 heavy (non-hydrogen) atoms. The molecule has 0 spiro atoms. The molecule has 3 heteroatoms. The lowest BCUT2D eigenvalue weighted by Crippen LogP contribution is -2.36. The van der Waals surface area contributed by atoms with Crippen molar-refractivity contribution in [2.75, 3.05) is 4.90 Å². The first-order valence-electron chi connectivity index (χ1n) is 8.83. The summed E-state index contributed by atoms with van der Waals surface area (Å²) in [5.74, 6) is 0.400. The van der Waals surface area contributed by atoms with Crippen molar-refractivity contribution in [3.63, 3.8) is 0 Å². The summed E-state index contributed by atoms with van der Waals surface area (Å²) < 4.78 is 0. The van der Waals surface area contributed by atoms with E-state index in [1.807, 2.05) is 63.4 Å². The molecule has 0 heterocycles. The minimum absolute atomic E-state index is 0.0464. The van der Waals surface area contributed by atoms with Crippen molar-refractivity contribution in [2.45, 2.75) is 59.8 Å². The molecular weight excluding hydrogens is 298 g/mol. The molecule has 0 bridgehead atoms. The van der Waals surface area contributed by atoms with Crippen LogP contribution in [0.3, 0.4) is 0 Å². The van der Waals surface area contributed by atoms with E-state index < -0.39 is 5.41 Å². The van der Waals surface area contributed by atoms with Crippen LogP contribution >= 0.6 is 0 Å². The highest BCUT2D eigenvalue weighted by Gasteiger charge is 2.34. The third kappa shape index (κ3) is 4.34. The minimum atomic E-state index is -0.468. The van der Waals surface area contributed by atoms with Crippen molar-refractivity contribution >= 4 is 17.4 Å². The van der Waals surface area contributed by atoms with Gasteiger partial charge in [-0.25, -0.2) is 0 Å². The first kappa shape index (κ1) is 18.4. The van der Waals surface area contributed by atoms with Crippen LogP contribution in [0, 0.1) is 10.8 Å². The molecule has 1 aliphatic rings. The standard InChI is InChI=1S/C21H29NO2/c1-20(2,3)19(24)22(17-11-6-5-7-12-17)16-10-15-21(4)14-9-8-13-18(21)23/h5-7,10-12,16H,8-9,13-15H2,1-4H3/b16-10+/t21-/m0/s1. The van der Waals surface area contributed by atoms with Crippen LogP contribution in [0.15, 0.2) is 42.6 Å². The second-order valence-corrected chi connectivity index (χ2v) is 8.04. The zero-order valence-corrected chi connectivity index (χ0v) is 15.3. The molecule has 130 valence electrons. The summed E-state index contributed by atoms with van der Waals surface area (Å²) in [5.41, 5.74) is 0.112. The van der Waals surface area contributed by atoms with Crippen molar-refractivity contribution in [1.29, 1.82) is 0 Å². The lowest BCUT2D eigenvalue weighted by Gasteiger charge is -2.31. The SMILES string of the molecule is CC(C)(C)C(=O)N(/C=C/C[C@]1(C)CCCCC1=O)c1ccccc1. The van der Waals surface area contributed by atoms with Crippen molar-refractivity contribution in [3.8, 4) is 0 Å². The van der Waals surface area contributed by atoms with Crippen molar-refractivity contribution < 1.29 is 9.59 Å². The topological polar surface area (TPSA) is 37.4 Å². The zero-order chi connectivity index (χ0) is 17.8. The van der Waals surface area contributed by atoms with E-state index in [0.29, 0.717) is 18.6 Å². The van der Waals surface area contributed by atoms with Gasteiger partial charge in [-0.15, -0.1) is 0 Å². The summed E-state index contributed by atoms with van der Waals surface area (Å²) in [4.78, 5) is 26.7. The number of hydrogen-bond donors (Lipinski definition) is 0. The Bertz CT molecular complexity index is 612. The van der Waals surface area contributed by atoms with E-state index in [4.69, 9.17) is 0 Å². The van der Waals surface area contributed by atoms with Crippen LogP contribution in [0.1, 0.15) is 59.8 Å². The molecule has 1 atom stereocenters. The number of Topliss-reactive ketones (excluding diaryl/α,β-unsaturated/α-hetero) is 1. The lowest BCUT2D eigenvalue weighted by molar-refractivity contribution is -0.130. The van der Waals surface area contributed by atoms with Gasteiger partial charge < -0.3 is 0 Å². The molecule has 0 radical (unpaired) electrons. The van der Waals surface area contributed by atoms with Gasteiger partial charge in [-0.2, -0.15) is 0 Å². The van der Waals surface area contributed by atoms with E-state index in [-0.39, 0.29) is 11.3 Å². The fraction of sp³-hybridized carbons (Fsp3) is 0.524. The van der Waals surface area contributed by atoms with Gasteiger partial charge in [-0.05, 0) is 31.4 Å². The lowest BCUT2D eigenvalue weighted by atomic mass is 9.72. The number of nitrogens with zero attached hydrogens (tertiary/aromatic N) is 1. The Morgan fingerprint density at radius 3 is 2.46 bits per heavy atom. The summed E-state index contributed by atoms with van der Waals surface area (Å²) in [5, 5.41) is 0. The minimum Gasteiger partial charge on any atom is -0.299 e. The second-order valence-electron chi connectivity index (χ2n) is 8.04. The van der Waals surface area contributed by atoms with Gasteiger partial charge in [0.15, 0.2) is 0 Å². The molecule has 1 aliphatic carbocycles. The molecule has 1 saturated carbocycles. The first-order valence-corrected chi connectivity index (χ1v) is 8.83. The molecule has 0 saturated heterocycles. The maximum atomic E-state index is 12.8. The summed E-state index contributed by atoms with van der Waals surface area (Å²) in [6, 6.07) is 9.66. The van der Waals surface area contributed by atoms with Crippen molar-refractivity contribution in [2.24, 2.45) is 10.8 Å². The van der Waals surface area contributed by atoms with Crippen LogP contribution in [0.25, 0.3) is 0 Å². The van der Waals surface area contributed by atoms with Crippen molar-refractivity contribution in [1.82, 2.24) is 0 Å². The Hall–Kier alpha value is -1.90. The summed E-state index contributed by atoms with van der Waals surface area (Å²) in [6.07, 6.45) is 8.26. The van der Waals surface area contributed by atoms with E-state index in [2.05, 4.69) is 6.92 Å². The maximum absolute atomic E-state index is 12.8. The quantitative estimate of drug-likeness (QED) is 0.770. The fourth-order valence-electron chi connectivity index (χ4n) is 3.10. The summed E-state index contributed by atoms with van der Waals surface area (Å²) >= 11 is 0. The van der Waals surface area contributed by atoms with E-state index in [1.165, 1.54) is 0 Å². The van der Waals surface area contributed by atoms with Gasteiger partial charge in [0, 0.05) is 29.1 Å². The highest BCUT2D eigenvalue weighted by Crippen LogP contribution is 2.36. The summed E-state index contributed by atoms with van der Waals surface area (Å²) in [7, 11) is 0. The van der Waals surface area contributed by atoms with Gasteiger partial charge in [0.05, 0.1) is 0 Å². The molecule has 1 aromatic rings. The normalized spacial score (nSPS) is 21.9. The zero-order valence-electron chi connectivity index (χ0n) is 15.3.